The number of hydrogen-bond acceptors (Lipinski definition) is 4. The number of pyridine rings is 1. The number of halogens is 1. The number of aromatic nitrogens is 3. The largest absolute Gasteiger partial charge is 0.352 e. The first-order valence-corrected chi connectivity index (χ1v) is 10.6. The third kappa shape index (κ3) is 4.24. The number of fused-ring (bicyclic) bond motifs is 3. The minimum absolute atomic E-state index is 0.108. The van der Waals surface area contributed by atoms with Crippen LogP contribution in [0.5, 0.6) is 0 Å². The van der Waals surface area contributed by atoms with E-state index in [9.17, 15) is 9.59 Å². The summed E-state index contributed by atoms with van der Waals surface area (Å²) in [5.74, 6) is 5.70. The first kappa shape index (κ1) is 21.6. The fourth-order valence-electron chi connectivity index (χ4n) is 3.69. The van der Waals surface area contributed by atoms with Gasteiger partial charge in [0.25, 0.3) is 11.5 Å². The van der Waals surface area contributed by atoms with E-state index in [1.807, 2.05) is 25.1 Å². The number of aryl methyl sites for hydroxylation is 2. The highest BCUT2D eigenvalue weighted by Crippen LogP contribution is 2.24. The summed E-state index contributed by atoms with van der Waals surface area (Å²) in [7, 11) is 0. The molecule has 0 unspecified atom stereocenters. The van der Waals surface area contributed by atoms with Gasteiger partial charge in [-0.25, -0.2) is 0 Å². The maximum atomic E-state index is 13.2. The molecule has 0 spiro atoms. The Balaban J connectivity index is 1.60. The number of rotatable bonds is 5. The summed E-state index contributed by atoms with van der Waals surface area (Å²) in [4.78, 5) is 25.5. The Morgan fingerprint density at radius 1 is 1.25 bits per heavy atom. The van der Waals surface area contributed by atoms with E-state index in [0.717, 1.165) is 22.2 Å². The third-order valence-electron chi connectivity index (χ3n) is 5.23. The number of nitrogens with one attached hydrogen (secondary N) is 2. The fourth-order valence-corrected chi connectivity index (χ4v) is 3.81. The van der Waals surface area contributed by atoms with Crippen LogP contribution in [0.15, 0.2) is 47.3 Å². The van der Waals surface area contributed by atoms with Crippen LogP contribution in [0.25, 0.3) is 21.8 Å². The molecular formula is C24H22ClN5O2. The maximum absolute atomic E-state index is 13.2. The van der Waals surface area contributed by atoms with Gasteiger partial charge >= 0.3 is 0 Å². The molecule has 162 valence electrons. The van der Waals surface area contributed by atoms with E-state index in [1.165, 1.54) is 0 Å². The van der Waals surface area contributed by atoms with Crippen molar-refractivity contribution >= 4 is 39.3 Å². The summed E-state index contributed by atoms with van der Waals surface area (Å²) in [6.45, 7) is 2.98. The van der Waals surface area contributed by atoms with E-state index < -0.39 is 0 Å². The third-order valence-corrected chi connectivity index (χ3v) is 5.49. The van der Waals surface area contributed by atoms with Crippen LogP contribution in [0, 0.1) is 18.8 Å². The normalized spacial score (nSPS) is 10.8. The highest BCUT2D eigenvalue weighted by atomic mass is 35.5. The molecule has 4 rings (SSSR count). The van der Waals surface area contributed by atoms with Crippen molar-refractivity contribution in [2.75, 3.05) is 13.1 Å². The maximum Gasteiger partial charge on any atom is 0.262 e. The number of carbonyl (C=O) groups excluding carboxylic acids is 1. The van der Waals surface area contributed by atoms with Gasteiger partial charge in [-0.2, -0.15) is 5.10 Å². The minimum Gasteiger partial charge on any atom is -0.352 e. The molecule has 4 N–H and O–H groups in total. The highest BCUT2D eigenvalue weighted by Gasteiger charge is 2.15. The lowest BCUT2D eigenvalue weighted by molar-refractivity contribution is 0.0953. The predicted octanol–water partition coefficient (Wildman–Crippen LogP) is 2.97. The molecule has 1 amide bonds. The Kier molecular flexibility index (Phi) is 6.26. The van der Waals surface area contributed by atoms with Crippen molar-refractivity contribution in [3.63, 3.8) is 0 Å². The van der Waals surface area contributed by atoms with Gasteiger partial charge in [0.1, 0.15) is 5.52 Å². The Bertz CT molecular complexity index is 1420. The quantitative estimate of drug-likeness (QED) is 0.323. The molecule has 4 aromatic rings. The molecule has 0 aliphatic rings. The van der Waals surface area contributed by atoms with Crippen LogP contribution >= 0.6 is 11.6 Å². The summed E-state index contributed by atoms with van der Waals surface area (Å²) in [6, 6.07) is 12.4. The van der Waals surface area contributed by atoms with E-state index in [4.69, 9.17) is 17.3 Å². The molecule has 2 aromatic carbocycles. The molecule has 0 fully saturated rings. The standard InChI is InChI=1S/C24H22ClN5O2/c1-15-21-22(29-28-15)19-14-16(4-2-11-26)5-10-20(19)30(24(21)32)13-3-12-27-23(31)17-6-8-18(25)9-7-17/h5-10,14H,3,11-13,26H2,1H3,(H,27,31)(H,28,29). The molecule has 0 aliphatic heterocycles. The van der Waals surface area contributed by atoms with E-state index >= 15 is 0 Å². The average Bonchev–Trinajstić information content (AvgIpc) is 3.19. The molecule has 7 nitrogen and oxygen atoms in total. The zero-order valence-electron chi connectivity index (χ0n) is 17.5. The van der Waals surface area contributed by atoms with E-state index in [1.54, 1.807) is 28.8 Å². The summed E-state index contributed by atoms with van der Waals surface area (Å²) in [5.41, 5.74) is 8.85. The number of hydrogen-bond donors (Lipinski definition) is 3. The Morgan fingerprint density at radius 2 is 2.03 bits per heavy atom. The zero-order chi connectivity index (χ0) is 22.7. The Morgan fingerprint density at radius 3 is 2.78 bits per heavy atom. The summed E-state index contributed by atoms with van der Waals surface area (Å²) in [5, 5.41) is 12.1. The van der Waals surface area contributed by atoms with Gasteiger partial charge in [-0.1, -0.05) is 23.4 Å². The number of nitrogens with two attached hydrogens (primary N) is 1. The van der Waals surface area contributed by atoms with Crippen LogP contribution in [0.3, 0.4) is 0 Å². The molecular weight excluding hydrogens is 426 g/mol. The molecule has 32 heavy (non-hydrogen) atoms. The Hall–Kier alpha value is -3.60. The van der Waals surface area contributed by atoms with Crippen molar-refractivity contribution in [2.45, 2.75) is 19.9 Å². The molecule has 0 saturated heterocycles. The van der Waals surface area contributed by atoms with Crippen LogP contribution in [-0.2, 0) is 6.54 Å². The van der Waals surface area contributed by atoms with Gasteiger partial charge in [0.2, 0.25) is 0 Å². The first-order chi connectivity index (χ1) is 15.5. The van der Waals surface area contributed by atoms with Crippen LogP contribution in [0.4, 0.5) is 0 Å². The SMILES string of the molecule is Cc1[nH]nc2c1c(=O)n(CCCNC(=O)c1ccc(Cl)cc1)c1ccc(C#CCN)cc21. The highest BCUT2D eigenvalue weighted by molar-refractivity contribution is 6.30. The number of H-pyrrole nitrogens is 1. The van der Waals surface area contributed by atoms with Gasteiger partial charge < -0.3 is 15.6 Å². The molecule has 2 aromatic heterocycles. The number of carbonyl (C=O) groups is 1. The molecule has 0 atom stereocenters. The minimum atomic E-state index is -0.178. The lowest BCUT2D eigenvalue weighted by Gasteiger charge is -2.12. The lowest BCUT2D eigenvalue weighted by atomic mass is 10.1. The van der Waals surface area contributed by atoms with Gasteiger partial charge in [0.05, 0.1) is 17.4 Å². The number of nitrogens with zero attached hydrogens (tertiary/aromatic N) is 2. The molecule has 8 heteroatoms. The van der Waals surface area contributed by atoms with Gasteiger partial charge in [0, 0.05) is 40.3 Å². The van der Waals surface area contributed by atoms with E-state index in [2.05, 4.69) is 27.4 Å². The van der Waals surface area contributed by atoms with Crippen LogP contribution < -0.4 is 16.6 Å². The second-order valence-electron chi connectivity index (χ2n) is 7.38. The number of benzene rings is 2. The second kappa shape index (κ2) is 9.27. The van der Waals surface area contributed by atoms with Crippen LogP contribution in [-0.4, -0.2) is 33.8 Å². The molecule has 0 saturated carbocycles. The smallest absolute Gasteiger partial charge is 0.262 e. The van der Waals surface area contributed by atoms with E-state index in [-0.39, 0.29) is 18.0 Å². The van der Waals surface area contributed by atoms with Gasteiger partial charge in [-0.3, -0.25) is 14.7 Å². The number of aromatic amines is 1. The average molecular weight is 448 g/mol. The van der Waals surface area contributed by atoms with Gasteiger partial charge in [-0.05, 0) is 55.8 Å². The Labute approximate surface area is 189 Å². The molecule has 2 heterocycles. The van der Waals surface area contributed by atoms with Crippen molar-refractivity contribution in [3.8, 4) is 11.8 Å². The van der Waals surface area contributed by atoms with Crippen molar-refractivity contribution in [1.29, 1.82) is 0 Å². The summed E-state index contributed by atoms with van der Waals surface area (Å²) >= 11 is 5.87. The monoisotopic (exact) mass is 447 g/mol. The summed E-state index contributed by atoms with van der Waals surface area (Å²) < 4.78 is 1.73. The predicted molar refractivity (Wildman–Crippen MR) is 127 cm³/mol. The van der Waals surface area contributed by atoms with Gasteiger partial charge in [-0.15, -0.1) is 0 Å². The molecule has 0 radical (unpaired) electrons. The topological polar surface area (TPSA) is 106 Å². The zero-order valence-corrected chi connectivity index (χ0v) is 18.3. The van der Waals surface area contributed by atoms with Crippen molar-refractivity contribution < 1.29 is 4.79 Å². The van der Waals surface area contributed by atoms with Gasteiger partial charge in [0.15, 0.2) is 0 Å². The fraction of sp³-hybridized carbons (Fsp3) is 0.208. The second-order valence-corrected chi connectivity index (χ2v) is 7.82. The molecule has 0 bridgehead atoms. The number of amides is 1. The molecule has 0 aliphatic carbocycles. The van der Waals surface area contributed by atoms with E-state index in [0.29, 0.717) is 41.0 Å². The van der Waals surface area contributed by atoms with Crippen LogP contribution in [0.1, 0.15) is 28.0 Å². The lowest BCUT2D eigenvalue weighted by Crippen LogP contribution is -2.27. The summed E-state index contributed by atoms with van der Waals surface area (Å²) in [6.07, 6.45) is 0.589. The van der Waals surface area contributed by atoms with Crippen molar-refractivity contribution in [2.24, 2.45) is 5.73 Å². The van der Waals surface area contributed by atoms with Crippen LogP contribution in [0.2, 0.25) is 5.02 Å². The first-order valence-electron chi connectivity index (χ1n) is 10.2. The van der Waals surface area contributed by atoms with Crippen molar-refractivity contribution in [3.05, 3.63) is 74.7 Å². The van der Waals surface area contributed by atoms with Crippen molar-refractivity contribution in [1.82, 2.24) is 20.1 Å².